The summed E-state index contributed by atoms with van der Waals surface area (Å²) in [4.78, 5) is 2.42. The van der Waals surface area contributed by atoms with Crippen molar-refractivity contribution in [1.82, 2.24) is 0 Å². The molecule has 0 amide bonds. The van der Waals surface area contributed by atoms with E-state index in [1.807, 2.05) is 0 Å². The van der Waals surface area contributed by atoms with E-state index in [4.69, 9.17) is 0 Å². The van der Waals surface area contributed by atoms with E-state index in [1.54, 1.807) is 0 Å². The maximum absolute atomic E-state index is 2.53. The molecule has 0 N–H and O–H groups in total. The van der Waals surface area contributed by atoms with Gasteiger partial charge in [-0.05, 0) is 200 Å². The number of anilines is 3. The van der Waals surface area contributed by atoms with Gasteiger partial charge in [0.2, 0.25) is 0 Å². The van der Waals surface area contributed by atoms with Crippen LogP contribution in [0.4, 0.5) is 17.1 Å². The molecule has 1 spiro atoms. The fraction of sp³-hybridized carbons (Fsp3) is 0.214. The summed E-state index contributed by atoms with van der Waals surface area (Å²) in [5.41, 5.74) is 30.6. The van der Waals surface area contributed by atoms with E-state index in [-0.39, 0.29) is 16.2 Å². The molecule has 0 radical (unpaired) electrons. The maximum atomic E-state index is 2.53. The largest absolute Gasteiger partial charge is 0.310 e. The van der Waals surface area contributed by atoms with Crippen molar-refractivity contribution in [3.8, 4) is 77.9 Å². The van der Waals surface area contributed by atoms with Crippen molar-refractivity contribution >= 4 is 17.1 Å². The zero-order chi connectivity index (χ0) is 58.6. The Balaban J connectivity index is 0.800. The van der Waals surface area contributed by atoms with Crippen LogP contribution in [0.25, 0.3) is 77.9 Å². The van der Waals surface area contributed by atoms with Gasteiger partial charge < -0.3 is 4.90 Å². The number of benzene rings is 11. The average Bonchev–Trinajstić information content (AvgIpc) is 1.60. The molecule has 0 aliphatic heterocycles. The lowest BCUT2D eigenvalue weighted by atomic mass is 9.66. The van der Waals surface area contributed by atoms with Gasteiger partial charge in [-0.1, -0.05) is 275 Å². The van der Waals surface area contributed by atoms with Gasteiger partial charge in [-0.2, -0.15) is 0 Å². The lowest BCUT2D eigenvalue weighted by molar-refractivity contribution is 0.163. The van der Waals surface area contributed by atoms with Gasteiger partial charge in [0.1, 0.15) is 0 Å². The minimum atomic E-state index is -0.472. The quantitative estimate of drug-likeness (QED) is 0.125. The van der Waals surface area contributed by atoms with Crippen LogP contribution < -0.4 is 4.90 Å². The van der Waals surface area contributed by atoms with Crippen LogP contribution in [0, 0.1) is 22.7 Å². The first-order valence-corrected chi connectivity index (χ1v) is 31.0. The van der Waals surface area contributed by atoms with Gasteiger partial charge >= 0.3 is 0 Å². The zero-order valence-corrected chi connectivity index (χ0v) is 51.1. The normalized spacial score (nSPS) is 16.2. The number of fused-ring (bicyclic) bond motifs is 13. The molecule has 85 heavy (non-hydrogen) atoms. The van der Waals surface area contributed by atoms with Crippen molar-refractivity contribution in [2.45, 2.75) is 92.4 Å². The molecule has 1 nitrogen and oxygen atoms in total. The molecule has 11 aromatic carbocycles. The summed E-state index contributed by atoms with van der Waals surface area (Å²) in [7, 11) is 0. The molecule has 0 saturated carbocycles. The molecule has 14 rings (SSSR count). The van der Waals surface area contributed by atoms with E-state index in [1.165, 1.54) is 123 Å². The second-order valence-electron chi connectivity index (χ2n) is 27.5. The first-order valence-electron chi connectivity index (χ1n) is 31.0. The fourth-order valence-electron chi connectivity index (χ4n) is 14.8. The van der Waals surface area contributed by atoms with Crippen LogP contribution in [-0.2, 0) is 10.8 Å². The topological polar surface area (TPSA) is 3.24 Å². The van der Waals surface area contributed by atoms with Crippen LogP contribution in [0.3, 0.4) is 0 Å². The Labute approximate surface area is 505 Å². The average molecular weight is 1100 g/mol. The van der Waals surface area contributed by atoms with Gasteiger partial charge in [-0.3, -0.25) is 0 Å². The predicted octanol–water partition coefficient (Wildman–Crippen LogP) is 23.3. The van der Waals surface area contributed by atoms with Crippen molar-refractivity contribution in [3.05, 3.63) is 294 Å². The minimum Gasteiger partial charge on any atom is -0.310 e. The third-order valence-corrected chi connectivity index (χ3v) is 20.6. The van der Waals surface area contributed by atoms with E-state index >= 15 is 0 Å². The predicted molar refractivity (Wildman–Crippen MR) is 361 cm³/mol. The standard InChI is InChI=1S/C84H77N/c1-54(81(3,4)5)50-74(55(2)82(6,7)8)62-34-32-61(33-35-62)64-41-48-73-70-24-16-19-27-77(70)84(80(73)52-64)76-26-18-15-23-69(76)72-47-40-63(51-79(72)84)60-30-28-57(29-31-60)59-38-44-66(45-39-59)85(65-42-36-58(37-43-65)56-20-12-11-13-21-56)67-46-49-71-68-22-14-17-25-75(68)83(9,10)78(71)53-67/h11-49,51-55,74H,50H2,1-10H3. The second kappa shape index (κ2) is 20.5. The Morgan fingerprint density at radius 3 is 1.15 bits per heavy atom. The van der Waals surface area contributed by atoms with Crippen LogP contribution in [0.2, 0.25) is 0 Å². The SMILES string of the molecule is CC(CC(c1ccc(-c2ccc3c(c2)C2(c4ccccc4-c4ccc(-c5ccc(-c6ccc(N(c7ccc(-c8ccccc8)cc7)c7ccc8c(c7)C(C)(C)c7ccccc7-8)cc6)cc5)cc42)c2ccccc2-3)cc1)C(C)C(C)(C)C)C(C)(C)C. The molecule has 11 aromatic rings. The molecular weight excluding hydrogens is 1020 g/mol. The highest BCUT2D eigenvalue weighted by Crippen LogP contribution is 2.64. The van der Waals surface area contributed by atoms with Gasteiger partial charge in [-0.25, -0.2) is 0 Å². The molecule has 3 aliphatic rings. The van der Waals surface area contributed by atoms with Gasteiger partial charge in [0.25, 0.3) is 0 Å². The summed E-state index contributed by atoms with van der Waals surface area (Å²) in [5.74, 6) is 1.61. The Morgan fingerprint density at radius 2 is 0.671 bits per heavy atom. The van der Waals surface area contributed by atoms with E-state index in [9.17, 15) is 0 Å². The summed E-state index contributed by atoms with van der Waals surface area (Å²) in [6.07, 6.45) is 1.18. The Hall–Kier alpha value is -8.78. The van der Waals surface area contributed by atoms with E-state index in [0.29, 0.717) is 17.8 Å². The van der Waals surface area contributed by atoms with E-state index < -0.39 is 5.41 Å². The van der Waals surface area contributed by atoms with Crippen molar-refractivity contribution in [2.24, 2.45) is 22.7 Å². The van der Waals surface area contributed by atoms with E-state index in [0.717, 1.165) is 17.1 Å². The van der Waals surface area contributed by atoms with Crippen molar-refractivity contribution in [1.29, 1.82) is 0 Å². The summed E-state index contributed by atoms with van der Waals surface area (Å²) in [5, 5.41) is 0. The van der Waals surface area contributed by atoms with Crippen LogP contribution in [0.1, 0.15) is 121 Å². The molecule has 0 bridgehead atoms. The van der Waals surface area contributed by atoms with Crippen molar-refractivity contribution in [3.63, 3.8) is 0 Å². The maximum Gasteiger partial charge on any atom is 0.0725 e. The zero-order valence-electron chi connectivity index (χ0n) is 51.1. The molecular formula is C84H77N. The molecule has 0 saturated heterocycles. The summed E-state index contributed by atoms with van der Waals surface area (Å²) < 4.78 is 0. The van der Waals surface area contributed by atoms with Crippen LogP contribution in [-0.4, -0.2) is 0 Å². The first-order chi connectivity index (χ1) is 41.0. The highest BCUT2D eigenvalue weighted by atomic mass is 15.1. The molecule has 1 heteroatoms. The van der Waals surface area contributed by atoms with Crippen molar-refractivity contribution in [2.75, 3.05) is 4.90 Å². The summed E-state index contributed by atoms with van der Waals surface area (Å²) >= 11 is 0. The Bertz CT molecular complexity index is 4300. The molecule has 4 atom stereocenters. The lowest BCUT2D eigenvalue weighted by Crippen LogP contribution is -2.28. The fourth-order valence-corrected chi connectivity index (χ4v) is 14.8. The van der Waals surface area contributed by atoms with Crippen LogP contribution in [0.5, 0.6) is 0 Å². The van der Waals surface area contributed by atoms with Crippen molar-refractivity contribution < 1.29 is 0 Å². The highest BCUT2D eigenvalue weighted by molar-refractivity contribution is 5.97. The third-order valence-electron chi connectivity index (χ3n) is 20.6. The molecule has 0 fully saturated rings. The number of nitrogens with zero attached hydrogens (tertiary/aromatic N) is 1. The van der Waals surface area contributed by atoms with Gasteiger partial charge in [0.05, 0.1) is 5.41 Å². The minimum absolute atomic E-state index is 0.112. The molecule has 418 valence electrons. The molecule has 4 unspecified atom stereocenters. The number of rotatable bonds is 11. The number of hydrogen-bond donors (Lipinski definition) is 0. The van der Waals surface area contributed by atoms with Gasteiger partial charge in [0.15, 0.2) is 0 Å². The van der Waals surface area contributed by atoms with Gasteiger partial charge in [-0.15, -0.1) is 0 Å². The molecule has 0 aromatic heterocycles. The van der Waals surface area contributed by atoms with E-state index in [2.05, 4.69) is 329 Å². The lowest BCUT2D eigenvalue weighted by Gasteiger charge is -2.39. The Morgan fingerprint density at radius 1 is 0.318 bits per heavy atom. The summed E-state index contributed by atoms with van der Waals surface area (Å²) in [6, 6.07) is 96.7. The molecule has 0 heterocycles. The Kier molecular flexibility index (Phi) is 13.1. The monoisotopic (exact) mass is 1100 g/mol. The molecule has 3 aliphatic carbocycles. The first kappa shape index (κ1) is 54.2. The van der Waals surface area contributed by atoms with Crippen LogP contribution >= 0.6 is 0 Å². The smallest absolute Gasteiger partial charge is 0.0725 e. The highest BCUT2D eigenvalue weighted by Gasteiger charge is 2.52. The second-order valence-corrected chi connectivity index (χ2v) is 27.5. The summed E-state index contributed by atoms with van der Waals surface area (Å²) in [6.45, 7) is 24.1. The van der Waals surface area contributed by atoms with Crippen LogP contribution in [0.15, 0.2) is 255 Å². The van der Waals surface area contributed by atoms with Gasteiger partial charge in [0, 0.05) is 22.5 Å². The third kappa shape index (κ3) is 9.04. The number of hydrogen-bond acceptors (Lipinski definition) is 1.